The van der Waals surface area contributed by atoms with Gasteiger partial charge in [0.2, 0.25) is 0 Å². The Morgan fingerprint density at radius 2 is 1.89 bits per heavy atom. The molecular formula is C13H13ClN2O2. The first-order chi connectivity index (χ1) is 8.54. The fraction of sp³-hybridized carbons (Fsp3) is 0.231. The molecule has 0 aliphatic rings. The highest BCUT2D eigenvalue weighted by molar-refractivity contribution is 6.30. The van der Waals surface area contributed by atoms with Crippen LogP contribution in [0.4, 0.5) is 0 Å². The molecule has 1 heterocycles. The summed E-state index contributed by atoms with van der Waals surface area (Å²) in [6.45, 7) is 3.62. The molecule has 1 aromatic carbocycles. The molecule has 0 saturated heterocycles. The lowest BCUT2D eigenvalue weighted by Crippen LogP contribution is -2.05. The van der Waals surface area contributed by atoms with Gasteiger partial charge in [0.05, 0.1) is 24.2 Å². The van der Waals surface area contributed by atoms with Crippen LogP contribution in [0.15, 0.2) is 24.3 Å². The molecule has 0 aliphatic carbocycles. The monoisotopic (exact) mass is 264 g/mol. The van der Waals surface area contributed by atoms with Gasteiger partial charge in [-0.15, -0.1) is 0 Å². The molecule has 0 saturated carbocycles. The predicted molar refractivity (Wildman–Crippen MR) is 69.4 cm³/mol. The van der Waals surface area contributed by atoms with Crippen molar-refractivity contribution in [2.75, 3.05) is 7.11 Å². The normalized spacial score (nSPS) is 10.4. The van der Waals surface area contributed by atoms with Crippen molar-refractivity contribution in [3.05, 3.63) is 46.2 Å². The van der Waals surface area contributed by atoms with Crippen LogP contribution in [0.25, 0.3) is 5.69 Å². The molecule has 0 spiro atoms. The van der Waals surface area contributed by atoms with E-state index >= 15 is 0 Å². The van der Waals surface area contributed by atoms with E-state index in [4.69, 9.17) is 16.3 Å². The molecule has 5 heteroatoms. The number of aryl methyl sites for hydroxylation is 1. The Kier molecular flexibility index (Phi) is 3.39. The summed E-state index contributed by atoms with van der Waals surface area (Å²) in [5.41, 5.74) is 2.76. The molecule has 0 atom stereocenters. The molecule has 0 fully saturated rings. The maximum atomic E-state index is 11.7. The predicted octanol–water partition coefficient (Wildman–Crippen LogP) is 2.93. The van der Waals surface area contributed by atoms with E-state index in [-0.39, 0.29) is 5.97 Å². The summed E-state index contributed by atoms with van der Waals surface area (Å²) < 4.78 is 6.46. The van der Waals surface area contributed by atoms with Crippen LogP contribution in [0.3, 0.4) is 0 Å². The Morgan fingerprint density at radius 3 is 2.44 bits per heavy atom. The van der Waals surface area contributed by atoms with Crippen molar-refractivity contribution in [1.29, 1.82) is 0 Å². The summed E-state index contributed by atoms with van der Waals surface area (Å²) in [5, 5.41) is 5.01. The van der Waals surface area contributed by atoms with Gasteiger partial charge in [0, 0.05) is 5.02 Å². The lowest BCUT2D eigenvalue weighted by molar-refractivity contribution is 0.0599. The summed E-state index contributed by atoms with van der Waals surface area (Å²) in [4.78, 5) is 11.7. The third-order valence-corrected chi connectivity index (χ3v) is 3.00. The molecule has 0 N–H and O–H groups in total. The number of benzene rings is 1. The zero-order valence-electron chi connectivity index (χ0n) is 10.4. The average molecular weight is 265 g/mol. The van der Waals surface area contributed by atoms with Crippen LogP contribution in [-0.4, -0.2) is 22.9 Å². The van der Waals surface area contributed by atoms with Crippen molar-refractivity contribution in [3.8, 4) is 5.69 Å². The van der Waals surface area contributed by atoms with Gasteiger partial charge >= 0.3 is 5.97 Å². The van der Waals surface area contributed by atoms with Crippen LogP contribution in [-0.2, 0) is 4.74 Å². The molecule has 2 rings (SSSR count). The minimum atomic E-state index is -0.370. The molecule has 0 aliphatic heterocycles. The van der Waals surface area contributed by atoms with Crippen LogP contribution in [0.5, 0.6) is 0 Å². The van der Waals surface area contributed by atoms with Gasteiger partial charge in [-0.25, -0.2) is 9.48 Å². The molecule has 0 amide bonds. The zero-order valence-corrected chi connectivity index (χ0v) is 11.2. The first-order valence-corrected chi connectivity index (χ1v) is 5.83. The van der Waals surface area contributed by atoms with Crippen molar-refractivity contribution in [2.45, 2.75) is 13.8 Å². The van der Waals surface area contributed by atoms with E-state index in [2.05, 4.69) is 5.10 Å². The van der Waals surface area contributed by atoms with Crippen molar-refractivity contribution in [1.82, 2.24) is 9.78 Å². The van der Waals surface area contributed by atoms with E-state index in [0.717, 1.165) is 11.4 Å². The SMILES string of the molecule is COC(=O)c1c(C)nn(-c2ccc(Cl)cc2)c1C. The van der Waals surface area contributed by atoms with Crippen LogP contribution in [0.1, 0.15) is 21.7 Å². The van der Waals surface area contributed by atoms with E-state index in [1.807, 2.05) is 19.1 Å². The fourth-order valence-electron chi connectivity index (χ4n) is 1.87. The van der Waals surface area contributed by atoms with Crippen molar-refractivity contribution in [3.63, 3.8) is 0 Å². The third kappa shape index (κ3) is 2.11. The number of carbonyl (C=O) groups is 1. The second-order valence-electron chi connectivity index (χ2n) is 3.93. The van der Waals surface area contributed by atoms with Crippen molar-refractivity contribution >= 4 is 17.6 Å². The molecule has 94 valence electrons. The minimum Gasteiger partial charge on any atom is -0.465 e. The average Bonchev–Trinajstić information content (AvgIpc) is 2.65. The van der Waals surface area contributed by atoms with Crippen molar-refractivity contribution < 1.29 is 9.53 Å². The summed E-state index contributed by atoms with van der Waals surface area (Å²) in [5.74, 6) is -0.370. The van der Waals surface area contributed by atoms with Gasteiger partial charge < -0.3 is 4.74 Å². The lowest BCUT2D eigenvalue weighted by Gasteiger charge is -2.04. The second-order valence-corrected chi connectivity index (χ2v) is 4.36. The number of rotatable bonds is 2. The number of nitrogens with zero attached hydrogens (tertiary/aromatic N) is 2. The van der Waals surface area contributed by atoms with E-state index in [1.54, 1.807) is 23.7 Å². The number of esters is 1. The largest absolute Gasteiger partial charge is 0.465 e. The standard InChI is InChI=1S/C13H13ClN2O2/c1-8-12(13(17)18-3)9(2)16(15-8)11-6-4-10(14)5-7-11/h4-7H,1-3H3. The summed E-state index contributed by atoms with van der Waals surface area (Å²) in [7, 11) is 1.36. The molecular weight excluding hydrogens is 252 g/mol. The number of hydrogen-bond donors (Lipinski definition) is 0. The van der Waals surface area contributed by atoms with E-state index < -0.39 is 0 Å². The summed E-state index contributed by atoms with van der Waals surface area (Å²) >= 11 is 5.84. The van der Waals surface area contributed by atoms with Gasteiger partial charge in [0.1, 0.15) is 5.56 Å². The maximum absolute atomic E-state index is 11.7. The first kappa shape index (κ1) is 12.6. The molecule has 1 aromatic heterocycles. The minimum absolute atomic E-state index is 0.370. The lowest BCUT2D eigenvalue weighted by atomic mass is 10.2. The van der Waals surface area contributed by atoms with Crippen LogP contribution in [0.2, 0.25) is 5.02 Å². The number of aromatic nitrogens is 2. The van der Waals surface area contributed by atoms with Gasteiger partial charge in [-0.1, -0.05) is 11.6 Å². The highest BCUT2D eigenvalue weighted by Gasteiger charge is 2.19. The molecule has 2 aromatic rings. The summed E-state index contributed by atoms with van der Waals surface area (Å²) in [6.07, 6.45) is 0. The zero-order chi connectivity index (χ0) is 13.3. The molecule has 4 nitrogen and oxygen atoms in total. The van der Waals surface area contributed by atoms with Gasteiger partial charge in [-0.3, -0.25) is 0 Å². The fourth-order valence-corrected chi connectivity index (χ4v) is 2.00. The Morgan fingerprint density at radius 1 is 1.28 bits per heavy atom. The van der Waals surface area contributed by atoms with E-state index in [1.165, 1.54) is 7.11 Å². The third-order valence-electron chi connectivity index (χ3n) is 2.75. The topological polar surface area (TPSA) is 44.1 Å². The molecule has 18 heavy (non-hydrogen) atoms. The second kappa shape index (κ2) is 4.82. The summed E-state index contributed by atoms with van der Waals surface area (Å²) in [6, 6.07) is 7.27. The smallest absolute Gasteiger partial charge is 0.341 e. The highest BCUT2D eigenvalue weighted by Crippen LogP contribution is 2.20. The Labute approximate surface area is 110 Å². The highest BCUT2D eigenvalue weighted by atomic mass is 35.5. The molecule has 0 radical (unpaired) electrons. The van der Waals surface area contributed by atoms with Gasteiger partial charge in [-0.2, -0.15) is 5.10 Å². The number of carbonyl (C=O) groups excluding carboxylic acids is 1. The number of ether oxygens (including phenoxy) is 1. The number of halogens is 1. The molecule has 0 bridgehead atoms. The van der Waals surface area contributed by atoms with Gasteiger partial charge in [0.25, 0.3) is 0 Å². The van der Waals surface area contributed by atoms with E-state index in [0.29, 0.717) is 16.3 Å². The van der Waals surface area contributed by atoms with Gasteiger partial charge in [0.15, 0.2) is 0 Å². The number of methoxy groups -OCH3 is 1. The van der Waals surface area contributed by atoms with Crippen LogP contribution in [0, 0.1) is 13.8 Å². The van der Waals surface area contributed by atoms with Gasteiger partial charge in [-0.05, 0) is 38.1 Å². The van der Waals surface area contributed by atoms with E-state index in [9.17, 15) is 4.79 Å². The Balaban J connectivity index is 2.53. The molecule has 0 unspecified atom stereocenters. The number of hydrogen-bond acceptors (Lipinski definition) is 3. The maximum Gasteiger partial charge on any atom is 0.341 e. The van der Waals surface area contributed by atoms with Crippen LogP contribution < -0.4 is 0 Å². The van der Waals surface area contributed by atoms with Crippen LogP contribution >= 0.6 is 11.6 Å². The quantitative estimate of drug-likeness (QED) is 0.784. The Bertz CT molecular complexity index is 588. The Hall–Kier alpha value is -1.81. The van der Waals surface area contributed by atoms with Crippen molar-refractivity contribution in [2.24, 2.45) is 0 Å². The first-order valence-electron chi connectivity index (χ1n) is 5.45.